The number of aromatic nitrogens is 2. The van der Waals surface area contributed by atoms with E-state index in [9.17, 15) is 13.2 Å². The number of carbonyl (C=O) groups excluding carboxylic acids is 1. The van der Waals surface area contributed by atoms with Gasteiger partial charge in [0.2, 0.25) is 10.0 Å². The van der Waals surface area contributed by atoms with Gasteiger partial charge in [-0.2, -0.15) is 0 Å². The van der Waals surface area contributed by atoms with Crippen molar-refractivity contribution in [1.29, 1.82) is 0 Å². The second-order valence-corrected chi connectivity index (χ2v) is 7.66. The van der Waals surface area contributed by atoms with E-state index in [4.69, 9.17) is 0 Å². The van der Waals surface area contributed by atoms with Crippen LogP contribution in [0.15, 0.2) is 47.9 Å². The molecule has 9 heteroatoms. The number of nitrogens with one attached hydrogen (secondary N) is 3. The largest absolute Gasteiger partial charge is 0.348 e. The highest BCUT2D eigenvalue weighted by molar-refractivity contribution is 7.89. The lowest BCUT2D eigenvalue weighted by Crippen LogP contribution is -2.36. The molecule has 0 unspecified atom stereocenters. The first kappa shape index (κ1) is 17.6. The molecule has 0 aliphatic carbocycles. The van der Waals surface area contributed by atoms with Crippen molar-refractivity contribution in [2.24, 2.45) is 0 Å². The molecule has 0 saturated carbocycles. The Morgan fingerprint density at radius 3 is 3.00 bits per heavy atom. The number of amides is 1. The van der Waals surface area contributed by atoms with Crippen LogP contribution in [-0.4, -0.2) is 49.6 Å². The summed E-state index contributed by atoms with van der Waals surface area (Å²) < 4.78 is 29.1. The minimum Gasteiger partial charge on any atom is -0.348 e. The number of carbonyl (C=O) groups is 1. The van der Waals surface area contributed by atoms with Crippen molar-refractivity contribution in [2.45, 2.75) is 23.9 Å². The maximum atomic E-state index is 12.4. The Morgan fingerprint density at radius 1 is 1.40 bits per heavy atom. The summed E-state index contributed by atoms with van der Waals surface area (Å²) in [5.74, 6) is -0.260. The molecule has 8 nitrogen and oxygen atoms in total. The fourth-order valence-corrected chi connectivity index (χ4v) is 3.73. The summed E-state index contributed by atoms with van der Waals surface area (Å²) in [5, 5.41) is 6.08. The second-order valence-electron chi connectivity index (χ2n) is 5.89. The minimum absolute atomic E-state index is 0.0790. The van der Waals surface area contributed by atoms with Gasteiger partial charge in [-0.05, 0) is 31.2 Å². The number of rotatable bonds is 7. The van der Waals surface area contributed by atoms with Crippen LogP contribution >= 0.6 is 0 Å². The van der Waals surface area contributed by atoms with Gasteiger partial charge in [0.15, 0.2) is 0 Å². The predicted molar refractivity (Wildman–Crippen MR) is 92.6 cm³/mol. The third-order valence-electron chi connectivity index (χ3n) is 4.02. The van der Waals surface area contributed by atoms with E-state index >= 15 is 0 Å². The zero-order chi connectivity index (χ0) is 17.7. The fourth-order valence-electron chi connectivity index (χ4n) is 2.66. The van der Waals surface area contributed by atoms with E-state index in [-0.39, 0.29) is 23.4 Å². The zero-order valence-corrected chi connectivity index (χ0v) is 14.5. The van der Waals surface area contributed by atoms with Gasteiger partial charge in [-0.1, -0.05) is 6.07 Å². The smallest absolute Gasteiger partial charge is 0.251 e. The first-order valence-corrected chi connectivity index (χ1v) is 9.60. The lowest BCUT2D eigenvalue weighted by molar-refractivity contribution is 0.0940. The summed E-state index contributed by atoms with van der Waals surface area (Å²) in [7, 11) is -3.67. The lowest BCUT2D eigenvalue weighted by Gasteiger charge is -2.12. The number of sulfonamides is 1. The van der Waals surface area contributed by atoms with Crippen molar-refractivity contribution >= 4 is 15.9 Å². The molecule has 1 aliphatic heterocycles. The molecule has 1 aliphatic rings. The molecule has 1 saturated heterocycles. The van der Waals surface area contributed by atoms with Crippen molar-refractivity contribution < 1.29 is 13.2 Å². The van der Waals surface area contributed by atoms with E-state index in [1.165, 1.54) is 12.1 Å². The number of imidazole rings is 1. The molecule has 1 amide bonds. The number of benzene rings is 1. The molecule has 3 N–H and O–H groups in total. The highest BCUT2D eigenvalue weighted by Gasteiger charge is 2.19. The van der Waals surface area contributed by atoms with E-state index in [0.717, 1.165) is 19.5 Å². The zero-order valence-electron chi connectivity index (χ0n) is 13.7. The van der Waals surface area contributed by atoms with Crippen molar-refractivity contribution in [3.8, 4) is 0 Å². The van der Waals surface area contributed by atoms with Crippen LogP contribution in [0.3, 0.4) is 0 Å². The second kappa shape index (κ2) is 7.77. The predicted octanol–water partition coefficient (Wildman–Crippen LogP) is -0.0467. The van der Waals surface area contributed by atoms with Gasteiger partial charge >= 0.3 is 0 Å². The standard InChI is InChI=1S/C16H21N5O3S/c22-16(20-14-4-5-17-11-14)13-2-1-3-15(10-13)25(23,24)19-7-9-21-8-6-18-12-21/h1-3,6,8,10,12,14,17,19H,4-5,7,9,11H2,(H,20,22)/t14-/m1/s1. The molecule has 2 heterocycles. The van der Waals surface area contributed by atoms with Gasteiger partial charge in [-0.3, -0.25) is 4.79 Å². The van der Waals surface area contributed by atoms with Crippen molar-refractivity contribution in [2.75, 3.05) is 19.6 Å². The normalized spacial score (nSPS) is 17.5. The average molecular weight is 363 g/mol. The van der Waals surface area contributed by atoms with Crippen LogP contribution in [0, 0.1) is 0 Å². The number of hydrogen-bond donors (Lipinski definition) is 3. The monoisotopic (exact) mass is 363 g/mol. The van der Waals surface area contributed by atoms with Crippen LogP contribution < -0.4 is 15.4 Å². The number of hydrogen-bond acceptors (Lipinski definition) is 5. The Balaban J connectivity index is 1.63. The van der Waals surface area contributed by atoms with Gasteiger partial charge in [-0.15, -0.1) is 0 Å². The van der Waals surface area contributed by atoms with Gasteiger partial charge in [-0.25, -0.2) is 18.1 Å². The maximum Gasteiger partial charge on any atom is 0.251 e. The van der Waals surface area contributed by atoms with Crippen molar-refractivity contribution in [3.63, 3.8) is 0 Å². The molecule has 1 atom stereocenters. The lowest BCUT2D eigenvalue weighted by atomic mass is 10.2. The van der Waals surface area contributed by atoms with Gasteiger partial charge in [0.1, 0.15) is 0 Å². The third kappa shape index (κ3) is 4.65. The molecular formula is C16H21N5O3S. The average Bonchev–Trinajstić information content (AvgIpc) is 3.29. The summed E-state index contributed by atoms with van der Waals surface area (Å²) in [6, 6.07) is 6.15. The Morgan fingerprint density at radius 2 is 2.28 bits per heavy atom. The Kier molecular flexibility index (Phi) is 5.47. The molecule has 25 heavy (non-hydrogen) atoms. The summed E-state index contributed by atoms with van der Waals surface area (Å²) in [6.45, 7) is 2.33. The molecule has 1 fully saturated rings. The highest BCUT2D eigenvalue weighted by Crippen LogP contribution is 2.12. The van der Waals surface area contributed by atoms with E-state index in [1.807, 2.05) is 0 Å². The summed E-state index contributed by atoms with van der Waals surface area (Å²) in [6.07, 6.45) is 5.89. The molecule has 1 aromatic carbocycles. The van der Waals surface area contributed by atoms with E-state index in [2.05, 4.69) is 20.3 Å². The van der Waals surface area contributed by atoms with E-state index in [0.29, 0.717) is 12.1 Å². The van der Waals surface area contributed by atoms with Gasteiger partial charge in [0.05, 0.1) is 11.2 Å². The topological polar surface area (TPSA) is 105 Å². The maximum absolute atomic E-state index is 12.4. The van der Waals surface area contributed by atoms with Crippen LogP contribution in [0.1, 0.15) is 16.8 Å². The Hall–Kier alpha value is -2.23. The molecule has 2 aromatic rings. The van der Waals surface area contributed by atoms with Crippen molar-refractivity contribution in [3.05, 3.63) is 48.5 Å². The highest BCUT2D eigenvalue weighted by atomic mass is 32.2. The Bertz CT molecular complexity index is 814. The van der Waals surface area contributed by atoms with Crippen molar-refractivity contribution in [1.82, 2.24) is 24.9 Å². The first-order chi connectivity index (χ1) is 12.0. The summed E-state index contributed by atoms with van der Waals surface area (Å²) in [5.41, 5.74) is 0.337. The molecule has 1 aromatic heterocycles. The summed E-state index contributed by atoms with van der Waals surface area (Å²) >= 11 is 0. The third-order valence-corrected chi connectivity index (χ3v) is 5.48. The molecule has 3 rings (SSSR count). The SMILES string of the molecule is O=C(N[C@@H]1CCNC1)c1cccc(S(=O)(=O)NCCn2ccnc2)c1. The quantitative estimate of drug-likeness (QED) is 0.640. The molecule has 0 bridgehead atoms. The summed E-state index contributed by atoms with van der Waals surface area (Å²) in [4.78, 5) is 16.3. The molecule has 0 radical (unpaired) electrons. The minimum atomic E-state index is -3.67. The first-order valence-electron chi connectivity index (χ1n) is 8.12. The number of nitrogens with zero attached hydrogens (tertiary/aromatic N) is 2. The fraction of sp³-hybridized carbons (Fsp3) is 0.375. The van der Waals surface area contributed by atoms with E-state index < -0.39 is 10.0 Å². The van der Waals surface area contributed by atoms with Gasteiger partial charge in [0.25, 0.3) is 5.91 Å². The van der Waals surface area contributed by atoms with Gasteiger partial charge < -0.3 is 15.2 Å². The molecule has 0 spiro atoms. The molecule has 134 valence electrons. The van der Waals surface area contributed by atoms with Crippen LogP contribution in [-0.2, 0) is 16.6 Å². The van der Waals surface area contributed by atoms with Gasteiger partial charge in [0, 0.05) is 43.6 Å². The van der Waals surface area contributed by atoms with Crippen LogP contribution in [0.5, 0.6) is 0 Å². The van der Waals surface area contributed by atoms with Crippen LogP contribution in [0.25, 0.3) is 0 Å². The van der Waals surface area contributed by atoms with Crippen LogP contribution in [0.2, 0.25) is 0 Å². The molecular weight excluding hydrogens is 342 g/mol. The Labute approximate surface area is 146 Å². The van der Waals surface area contributed by atoms with E-state index in [1.54, 1.807) is 35.4 Å². The van der Waals surface area contributed by atoms with Crippen LogP contribution in [0.4, 0.5) is 0 Å².